The van der Waals surface area contributed by atoms with Crippen molar-refractivity contribution in [3.63, 3.8) is 0 Å². The maximum Gasteiger partial charge on any atom is 0.188 e. The third kappa shape index (κ3) is 2.61. The number of aromatic nitrogens is 2. The zero-order valence-electron chi connectivity index (χ0n) is 7.04. The van der Waals surface area contributed by atoms with Crippen LogP contribution in [0.25, 0.3) is 0 Å². The van der Waals surface area contributed by atoms with E-state index in [1.807, 2.05) is 0 Å². The number of guanidine groups is 1. The van der Waals surface area contributed by atoms with Crippen molar-refractivity contribution in [3.8, 4) is 0 Å². The molecule has 0 fully saturated rings. The molecule has 0 saturated carbocycles. The number of H-pyrrole nitrogens is 1. The Hall–Kier alpha value is -1.52. The van der Waals surface area contributed by atoms with Crippen molar-refractivity contribution in [2.24, 2.45) is 10.7 Å². The zero-order valence-corrected chi connectivity index (χ0v) is 7.04. The molecule has 0 radical (unpaired) electrons. The topological polar surface area (TPSA) is 79.1 Å². The summed E-state index contributed by atoms with van der Waals surface area (Å²) in [6.45, 7) is 0.747. The van der Waals surface area contributed by atoms with Crippen LogP contribution in [0.1, 0.15) is 5.82 Å². The van der Waals surface area contributed by atoms with E-state index in [1.165, 1.54) is 0 Å². The van der Waals surface area contributed by atoms with Crippen LogP contribution in [-0.4, -0.2) is 29.5 Å². The molecule has 1 heterocycles. The normalized spacial score (nSPS) is 11.6. The first kappa shape index (κ1) is 8.58. The Labute approximate surface area is 71.1 Å². The number of hydrogen-bond acceptors (Lipinski definition) is 2. The summed E-state index contributed by atoms with van der Waals surface area (Å²) in [6, 6.07) is 0. The summed E-state index contributed by atoms with van der Waals surface area (Å²) < 4.78 is 0. The minimum Gasteiger partial charge on any atom is -0.370 e. The number of nitrogens with zero attached hydrogens (tertiary/aromatic N) is 2. The van der Waals surface area contributed by atoms with Gasteiger partial charge in [0.15, 0.2) is 5.96 Å². The van der Waals surface area contributed by atoms with Gasteiger partial charge in [0.25, 0.3) is 0 Å². The Balaban J connectivity index is 2.19. The summed E-state index contributed by atoms with van der Waals surface area (Å²) >= 11 is 0. The summed E-state index contributed by atoms with van der Waals surface area (Å²) in [6.07, 6.45) is 4.35. The largest absolute Gasteiger partial charge is 0.370 e. The van der Waals surface area contributed by atoms with Crippen molar-refractivity contribution in [3.05, 3.63) is 18.2 Å². The fourth-order valence-electron chi connectivity index (χ4n) is 0.823. The smallest absolute Gasteiger partial charge is 0.188 e. The van der Waals surface area contributed by atoms with E-state index in [4.69, 9.17) is 5.73 Å². The highest BCUT2D eigenvalue weighted by atomic mass is 15.1. The van der Waals surface area contributed by atoms with Gasteiger partial charge in [-0.3, -0.25) is 4.99 Å². The molecule has 5 nitrogen and oxygen atoms in total. The molecular weight excluding hydrogens is 154 g/mol. The van der Waals surface area contributed by atoms with E-state index >= 15 is 0 Å². The predicted octanol–water partition coefficient (Wildman–Crippen LogP) is -0.514. The molecule has 1 rings (SSSR count). The molecule has 1 aromatic heterocycles. The standard InChI is InChI=1S/C7H13N5/c1-9-7(8)12-3-2-6-10-4-5-11-6/h4-5H,2-3H2,1H3,(H,10,11)(H3,8,9,12). The number of rotatable bonds is 3. The first-order chi connectivity index (χ1) is 5.83. The molecule has 0 aliphatic carbocycles. The van der Waals surface area contributed by atoms with Crippen LogP contribution < -0.4 is 11.1 Å². The van der Waals surface area contributed by atoms with Gasteiger partial charge >= 0.3 is 0 Å². The van der Waals surface area contributed by atoms with E-state index in [1.54, 1.807) is 19.4 Å². The third-order valence-corrected chi connectivity index (χ3v) is 1.46. The van der Waals surface area contributed by atoms with E-state index in [0.29, 0.717) is 5.96 Å². The molecular formula is C7H13N5. The van der Waals surface area contributed by atoms with Crippen LogP contribution in [-0.2, 0) is 6.42 Å². The fourth-order valence-corrected chi connectivity index (χ4v) is 0.823. The molecule has 0 saturated heterocycles. The Kier molecular flexibility index (Phi) is 3.13. The van der Waals surface area contributed by atoms with Gasteiger partial charge in [-0.15, -0.1) is 0 Å². The van der Waals surface area contributed by atoms with Gasteiger partial charge in [-0.2, -0.15) is 0 Å². The molecule has 0 atom stereocenters. The first-order valence-corrected chi connectivity index (χ1v) is 3.77. The molecule has 66 valence electrons. The van der Waals surface area contributed by atoms with Crippen LogP contribution in [0.3, 0.4) is 0 Å². The highest BCUT2D eigenvalue weighted by molar-refractivity contribution is 5.77. The monoisotopic (exact) mass is 167 g/mol. The van der Waals surface area contributed by atoms with Crippen LogP contribution in [0.15, 0.2) is 17.4 Å². The van der Waals surface area contributed by atoms with E-state index in [-0.39, 0.29) is 0 Å². The highest BCUT2D eigenvalue weighted by Crippen LogP contribution is 1.87. The van der Waals surface area contributed by atoms with Crippen LogP contribution in [0.4, 0.5) is 0 Å². The van der Waals surface area contributed by atoms with E-state index < -0.39 is 0 Å². The lowest BCUT2D eigenvalue weighted by atomic mass is 10.4. The van der Waals surface area contributed by atoms with Crippen molar-refractivity contribution >= 4 is 5.96 Å². The molecule has 0 amide bonds. The number of aliphatic imine (C=N–C) groups is 1. The molecule has 12 heavy (non-hydrogen) atoms. The van der Waals surface area contributed by atoms with Gasteiger partial charge in [-0.25, -0.2) is 4.98 Å². The first-order valence-electron chi connectivity index (χ1n) is 3.77. The van der Waals surface area contributed by atoms with Gasteiger partial charge in [-0.05, 0) is 0 Å². The van der Waals surface area contributed by atoms with Crippen molar-refractivity contribution in [1.82, 2.24) is 15.3 Å². The van der Waals surface area contributed by atoms with Gasteiger partial charge < -0.3 is 16.0 Å². The lowest BCUT2D eigenvalue weighted by Gasteiger charge is -2.01. The Morgan fingerprint density at radius 2 is 2.67 bits per heavy atom. The summed E-state index contributed by atoms with van der Waals surface area (Å²) in [5, 5.41) is 2.94. The van der Waals surface area contributed by atoms with Crippen molar-refractivity contribution in [2.75, 3.05) is 13.6 Å². The molecule has 0 bridgehead atoms. The molecule has 0 aliphatic rings. The van der Waals surface area contributed by atoms with Crippen LogP contribution in [0, 0.1) is 0 Å². The lowest BCUT2D eigenvalue weighted by Crippen LogP contribution is -2.33. The summed E-state index contributed by atoms with van der Waals surface area (Å²) in [5.41, 5.74) is 5.42. The summed E-state index contributed by atoms with van der Waals surface area (Å²) in [5.74, 6) is 1.41. The second-order valence-electron chi connectivity index (χ2n) is 2.32. The highest BCUT2D eigenvalue weighted by Gasteiger charge is 1.93. The zero-order chi connectivity index (χ0) is 8.81. The quantitative estimate of drug-likeness (QED) is 0.419. The molecule has 1 aromatic rings. The van der Waals surface area contributed by atoms with Crippen molar-refractivity contribution in [1.29, 1.82) is 0 Å². The fraction of sp³-hybridized carbons (Fsp3) is 0.429. The van der Waals surface area contributed by atoms with E-state index in [0.717, 1.165) is 18.8 Å². The van der Waals surface area contributed by atoms with E-state index in [2.05, 4.69) is 20.3 Å². The lowest BCUT2D eigenvalue weighted by molar-refractivity contribution is 0.817. The third-order valence-electron chi connectivity index (χ3n) is 1.46. The van der Waals surface area contributed by atoms with Crippen molar-refractivity contribution in [2.45, 2.75) is 6.42 Å². The Bertz CT molecular complexity index is 238. The minimum absolute atomic E-state index is 0.460. The molecule has 0 aromatic carbocycles. The van der Waals surface area contributed by atoms with Crippen molar-refractivity contribution < 1.29 is 0 Å². The van der Waals surface area contributed by atoms with Gasteiger partial charge in [0, 0.05) is 32.4 Å². The molecule has 5 heteroatoms. The minimum atomic E-state index is 0.460. The van der Waals surface area contributed by atoms with Crippen LogP contribution in [0.5, 0.6) is 0 Å². The number of hydrogen-bond donors (Lipinski definition) is 3. The van der Waals surface area contributed by atoms with Gasteiger partial charge in [0.1, 0.15) is 5.82 Å². The number of aromatic amines is 1. The maximum absolute atomic E-state index is 5.42. The second kappa shape index (κ2) is 4.38. The molecule has 0 aliphatic heterocycles. The Morgan fingerprint density at radius 3 is 3.25 bits per heavy atom. The number of imidazole rings is 1. The number of nitrogens with two attached hydrogens (primary N) is 1. The molecule has 4 N–H and O–H groups in total. The second-order valence-corrected chi connectivity index (χ2v) is 2.32. The van der Waals surface area contributed by atoms with Gasteiger partial charge in [-0.1, -0.05) is 0 Å². The SMILES string of the molecule is CN=C(N)NCCc1ncc[nH]1. The Morgan fingerprint density at radius 1 is 1.83 bits per heavy atom. The van der Waals surface area contributed by atoms with Crippen LogP contribution >= 0.6 is 0 Å². The van der Waals surface area contributed by atoms with Gasteiger partial charge in [0.2, 0.25) is 0 Å². The molecule has 0 unspecified atom stereocenters. The van der Waals surface area contributed by atoms with Gasteiger partial charge in [0.05, 0.1) is 0 Å². The van der Waals surface area contributed by atoms with E-state index in [9.17, 15) is 0 Å². The average molecular weight is 167 g/mol. The molecule has 0 spiro atoms. The van der Waals surface area contributed by atoms with Crippen LogP contribution in [0.2, 0.25) is 0 Å². The number of nitrogens with one attached hydrogen (secondary N) is 2. The average Bonchev–Trinajstić information content (AvgIpc) is 2.57. The summed E-state index contributed by atoms with van der Waals surface area (Å²) in [4.78, 5) is 10.8. The maximum atomic E-state index is 5.42. The summed E-state index contributed by atoms with van der Waals surface area (Å²) in [7, 11) is 1.65. The predicted molar refractivity (Wildman–Crippen MR) is 47.8 cm³/mol.